The molecule has 0 aromatic heterocycles. The summed E-state index contributed by atoms with van der Waals surface area (Å²) in [5, 5.41) is 5.71. The van der Waals surface area contributed by atoms with Crippen LogP contribution in [0.25, 0.3) is 0 Å². The molecule has 1 atom stereocenters. The van der Waals surface area contributed by atoms with Crippen LogP contribution in [0.1, 0.15) is 36.7 Å². The number of aryl methyl sites for hydroxylation is 1. The van der Waals surface area contributed by atoms with Crippen LogP contribution in [0.2, 0.25) is 0 Å². The summed E-state index contributed by atoms with van der Waals surface area (Å²) < 4.78 is 5.38. The first-order valence-corrected chi connectivity index (χ1v) is 8.77. The van der Waals surface area contributed by atoms with Gasteiger partial charge in [-0.1, -0.05) is 17.7 Å². The van der Waals surface area contributed by atoms with Crippen LogP contribution in [0.5, 0.6) is 0 Å². The molecule has 0 bridgehead atoms. The van der Waals surface area contributed by atoms with E-state index in [2.05, 4.69) is 29.4 Å². The van der Waals surface area contributed by atoms with Crippen molar-refractivity contribution in [1.82, 2.24) is 15.5 Å². The highest BCUT2D eigenvalue weighted by molar-refractivity contribution is 5.97. The van der Waals surface area contributed by atoms with Crippen molar-refractivity contribution >= 4 is 11.8 Å². The van der Waals surface area contributed by atoms with Gasteiger partial charge in [-0.2, -0.15) is 0 Å². The van der Waals surface area contributed by atoms with Gasteiger partial charge in [-0.05, 0) is 39.8 Å². The molecular weight excluding hydrogens is 318 g/mol. The number of nitrogens with one attached hydrogen (secondary N) is 2. The molecule has 1 heterocycles. The standard InChI is InChI=1S/C19H29N3O3/c1-14-6-5-7-16(12-14)18(24)21-15(2)17(23)20-13-19(3,4)22-8-10-25-11-9-22/h5-7,12,15H,8-11,13H2,1-4H3,(H,20,23)(H,21,24)/t15-/m1/s1. The molecule has 1 aromatic carbocycles. The van der Waals surface area contributed by atoms with E-state index in [4.69, 9.17) is 4.74 Å². The molecule has 6 heteroatoms. The number of morpholine rings is 1. The Hall–Kier alpha value is -1.92. The molecule has 2 amide bonds. The fraction of sp³-hybridized carbons (Fsp3) is 0.579. The summed E-state index contributed by atoms with van der Waals surface area (Å²) in [7, 11) is 0. The number of hydrogen-bond acceptors (Lipinski definition) is 4. The van der Waals surface area contributed by atoms with E-state index in [9.17, 15) is 9.59 Å². The lowest BCUT2D eigenvalue weighted by Gasteiger charge is -2.41. The molecule has 0 spiro atoms. The summed E-state index contributed by atoms with van der Waals surface area (Å²) in [5.74, 6) is -0.416. The molecule has 0 radical (unpaired) electrons. The normalized spacial score (nSPS) is 17.0. The van der Waals surface area contributed by atoms with Crippen LogP contribution >= 0.6 is 0 Å². The van der Waals surface area contributed by atoms with E-state index in [1.54, 1.807) is 13.0 Å². The van der Waals surface area contributed by atoms with Gasteiger partial charge in [0.2, 0.25) is 5.91 Å². The van der Waals surface area contributed by atoms with Crippen LogP contribution in [0.15, 0.2) is 24.3 Å². The van der Waals surface area contributed by atoms with Crippen molar-refractivity contribution in [2.24, 2.45) is 0 Å². The molecule has 1 aliphatic heterocycles. The molecular formula is C19H29N3O3. The van der Waals surface area contributed by atoms with Crippen molar-refractivity contribution < 1.29 is 14.3 Å². The Morgan fingerprint density at radius 1 is 1.28 bits per heavy atom. The number of hydrogen-bond donors (Lipinski definition) is 2. The smallest absolute Gasteiger partial charge is 0.251 e. The number of carbonyl (C=O) groups is 2. The van der Waals surface area contributed by atoms with Gasteiger partial charge in [-0.25, -0.2) is 0 Å². The highest BCUT2D eigenvalue weighted by Crippen LogP contribution is 2.15. The van der Waals surface area contributed by atoms with Crippen molar-refractivity contribution in [3.05, 3.63) is 35.4 Å². The maximum Gasteiger partial charge on any atom is 0.251 e. The maximum absolute atomic E-state index is 12.3. The van der Waals surface area contributed by atoms with Gasteiger partial charge in [0.15, 0.2) is 0 Å². The molecule has 0 aliphatic carbocycles. The van der Waals surface area contributed by atoms with Gasteiger partial charge in [0.1, 0.15) is 6.04 Å². The van der Waals surface area contributed by atoms with E-state index in [0.29, 0.717) is 12.1 Å². The first kappa shape index (κ1) is 19.4. The van der Waals surface area contributed by atoms with Gasteiger partial charge >= 0.3 is 0 Å². The lowest BCUT2D eigenvalue weighted by Crippen LogP contribution is -2.57. The van der Waals surface area contributed by atoms with Crippen LogP contribution in [-0.4, -0.2) is 61.1 Å². The monoisotopic (exact) mass is 347 g/mol. The molecule has 1 fully saturated rings. The Morgan fingerprint density at radius 3 is 2.60 bits per heavy atom. The molecule has 25 heavy (non-hydrogen) atoms. The highest BCUT2D eigenvalue weighted by Gasteiger charge is 2.29. The van der Waals surface area contributed by atoms with Crippen LogP contribution in [0, 0.1) is 6.92 Å². The quantitative estimate of drug-likeness (QED) is 0.815. The van der Waals surface area contributed by atoms with Gasteiger partial charge in [0.25, 0.3) is 5.91 Å². The summed E-state index contributed by atoms with van der Waals surface area (Å²) in [5.41, 5.74) is 1.42. The molecule has 0 unspecified atom stereocenters. The van der Waals surface area contributed by atoms with Crippen molar-refractivity contribution in [1.29, 1.82) is 0 Å². The Bertz CT molecular complexity index is 610. The Labute approximate surface area is 149 Å². The third-order valence-corrected chi connectivity index (χ3v) is 4.58. The molecule has 138 valence electrons. The second-order valence-electron chi connectivity index (χ2n) is 7.19. The largest absolute Gasteiger partial charge is 0.379 e. The maximum atomic E-state index is 12.3. The first-order valence-electron chi connectivity index (χ1n) is 8.77. The first-order chi connectivity index (χ1) is 11.8. The molecule has 1 aromatic rings. The van der Waals surface area contributed by atoms with E-state index in [1.807, 2.05) is 25.1 Å². The summed E-state index contributed by atoms with van der Waals surface area (Å²) >= 11 is 0. The predicted octanol–water partition coefficient (Wildman–Crippen LogP) is 1.34. The van der Waals surface area contributed by atoms with Gasteiger partial charge in [-0.3, -0.25) is 14.5 Å². The topological polar surface area (TPSA) is 70.7 Å². The van der Waals surface area contributed by atoms with Gasteiger partial charge in [0, 0.05) is 30.7 Å². The van der Waals surface area contributed by atoms with Crippen molar-refractivity contribution in [2.45, 2.75) is 39.3 Å². The molecule has 1 aliphatic rings. The van der Waals surface area contributed by atoms with E-state index in [-0.39, 0.29) is 17.4 Å². The number of carbonyl (C=O) groups excluding carboxylic acids is 2. The molecule has 0 saturated carbocycles. The summed E-state index contributed by atoms with van der Waals surface area (Å²) in [6, 6.07) is 6.73. The third-order valence-electron chi connectivity index (χ3n) is 4.58. The zero-order valence-corrected chi connectivity index (χ0v) is 15.6. The fourth-order valence-electron chi connectivity index (χ4n) is 2.87. The molecule has 2 rings (SSSR count). The fourth-order valence-corrected chi connectivity index (χ4v) is 2.87. The van der Waals surface area contributed by atoms with Gasteiger partial charge in [0.05, 0.1) is 13.2 Å². The number of amides is 2. The minimum atomic E-state index is -0.589. The van der Waals surface area contributed by atoms with Crippen LogP contribution < -0.4 is 10.6 Å². The minimum Gasteiger partial charge on any atom is -0.379 e. The number of rotatable bonds is 6. The van der Waals surface area contributed by atoms with Crippen LogP contribution in [-0.2, 0) is 9.53 Å². The SMILES string of the molecule is Cc1cccc(C(=O)N[C@H](C)C(=O)NCC(C)(C)N2CCOCC2)c1. The lowest BCUT2D eigenvalue weighted by molar-refractivity contribution is -0.123. The molecule has 6 nitrogen and oxygen atoms in total. The Balaban J connectivity index is 1.84. The average Bonchev–Trinajstić information content (AvgIpc) is 2.60. The summed E-state index contributed by atoms with van der Waals surface area (Å²) in [6.45, 7) is 11.5. The Kier molecular flexibility index (Phi) is 6.56. The average molecular weight is 347 g/mol. The number of ether oxygens (including phenoxy) is 1. The van der Waals surface area contributed by atoms with E-state index in [0.717, 1.165) is 31.9 Å². The molecule has 2 N–H and O–H groups in total. The second-order valence-corrected chi connectivity index (χ2v) is 7.19. The van der Waals surface area contributed by atoms with E-state index >= 15 is 0 Å². The predicted molar refractivity (Wildman–Crippen MR) is 97.6 cm³/mol. The van der Waals surface area contributed by atoms with Gasteiger partial charge in [-0.15, -0.1) is 0 Å². The molecule has 1 saturated heterocycles. The second kappa shape index (κ2) is 8.45. The zero-order chi connectivity index (χ0) is 18.4. The minimum absolute atomic E-state index is 0.153. The van der Waals surface area contributed by atoms with Crippen molar-refractivity contribution in [2.75, 3.05) is 32.8 Å². The summed E-state index contributed by atoms with van der Waals surface area (Å²) in [6.07, 6.45) is 0. The highest BCUT2D eigenvalue weighted by atomic mass is 16.5. The van der Waals surface area contributed by atoms with Crippen LogP contribution in [0.3, 0.4) is 0 Å². The lowest BCUT2D eigenvalue weighted by atomic mass is 10.0. The van der Waals surface area contributed by atoms with Gasteiger partial charge < -0.3 is 15.4 Å². The van der Waals surface area contributed by atoms with Crippen molar-refractivity contribution in [3.63, 3.8) is 0 Å². The third kappa shape index (κ3) is 5.54. The summed E-state index contributed by atoms with van der Waals surface area (Å²) in [4.78, 5) is 26.9. The van der Waals surface area contributed by atoms with E-state index in [1.165, 1.54) is 0 Å². The number of nitrogens with zero attached hydrogens (tertiary/aromatic N) is 1. The van der Waals surface area contributed by atoms with Crippen LogP contribution in [0.4, 0.5) is 0 Å². The van der Waals surface area contributed by atoms with E-state index < -0.39 is 6.04 Å². The zero-order valence-electron chi connectivity index (χ0n) is 15.6. The number of benzene rings is 1. The van der Waals surface area contributed by atoms with Crippen molar-refractivity contribution in [3.8, 4) is 0 Å². The Morgan fingerprint density at radius 2 is 1.96 bits per heavy atom.